The van der Waals surface area contributed by atoms with Crippen LogP contribution in [-0.4, -0.2) is 0 Å². The van der Waals surface area contributed by atoms with Crippen molar-refractivity contribution in [2.24, 2.45) is 0 Å². The molecule has 1 aromatic heterocycles. The van der Waals surface area contributed by atoms with E-state index in [9.17, 15) is 5.48 Å². The van der Waals surface area contributed by atoms with E-state index < -0.39 is 24.2 Å². The van der Waals surface area contributed by atoms with Crippen molar-refractivity contribution < 1.29 is 11.0 Å². The maximum atomic E-state index is 9.41. The van der Waals surface area contributed by atoms with Crippen LogP contribution in [0.1, 0.15) is 11.0 Å². The molecule has 1 heteroatoms. The lowest BCUT2D eigenvalue weighted by Gasteiger charge is -2.20. The summed E-state index contributed by atoms with van der Waals surface area (Å²) in [5.74, 6) is 0. The fourth-order valence-corrected chi connectivity index (χ4v) is 7.59. The van der Waals surface area contributed by atoms with Gasteiger partial charge in [-0.05, 0) is 71.9 Å². The fraction of sp³-hybridized carbons (Fsp3) is 0. The molecule has 0 bridgehead atoms. The third-order valence-corrected chi connectivity index (χ3v) is 9.31. The van der Waals surface area contributed by atoms with Crippen LogP contribution in [0.15, 0.2) is 145 Å². The first-order valence-corrected chi connectivity index (χ1v) is 14.3. The van der Waals surface area contributed by atoms with Gasteiger partial charge < -0.3 is 0 Å². The molecular weight excluding hydrogens is 513 g/mol. The highest BCUT2D eigenvalue weighted by molar-refractivity contribution is 7.26. The van der Waals surface area contributed by atoms with E-state index in [1.165, 1.54) is 0 Å². The molecule has 8 aromatic carbocycles. The minimum absolute atomic E-state index is 0.220. The van der Waals surface area contributed by atoms with Crippen molar-refractivity contribution in [1.82, 2.24) is 0 Å². The predicted octanol–water partition coefficient (Wildman–Crippen LogP) is 12.0. The van der Waals surface area contributed by atoms with Crippen molar-refractivity contribution in [3.63, 3.8) is 0 Å². The van der Waals surface area contributed by atoms with Gasteiger partial charge in [-0.25, -0.2) is 0 Å². The molecule has 0 unspecified atom stereocenters. The molecule has 0 nitrogen and oxygen atoms in total. The molecule has 0 spiro atoms. The van der Waals surface area contributed by atoms with Crippen LogP contribution in [0.4, 0.5) is 0 Å². The van der Waals surface area contributed by atoms with Crippen molar-refractivity contribution in [1.29, 1.82) is 0 Å². The molecule has 9 aromatic rings. The Morgan fingerprint density at radius 1 is 0.415 bits per heavy atom. The minimum Gasteiger partial charge on any atom is -0.135 e. The van der Waals surface area contributed by atoms with Gasteiger partial charge >= 0.3 is 0 Å². The summed E-state index contributed by atoms with van der Waals surface area (Å²) in [6.07, 6.45) is 0. The molecule has 9 rings (SSSR count). The van der Waals surface area contributed by atoms with Gasteiger partial charge in [-0.15, -0.1) is 11.3 Å². The Balaban J connectivity index is 1.63. The van der Waals surface area contributed by atoms with Gasteiger partial charge in [-0.1, -0.05) is 133 Å². The van der Waals surface area contributed by atoms with E-state index >= 15 is 0 Å². The second kappa shape index (κ2) is 8.76. The summed E-state index contributed by atoms with van der Waals surface area (Å²) in [5.41, 5.74) is 2.01. The number of hydrogen-bond acceptors (Lipinski definition) is 1. The molecule has 0 radical (unpaired) electrons. The van der Waals surface area contributed by atoms with Crippen LogP contribution >= 0.6 is 11.3 Å². The zero-order valence-electron chi connectivity index (χ0n) is 29.6. The number of benzene rings is 8. The fourth-order valence-electron chi connectivity index (χ4n) is 6.37. The first-order chi connectivity index (χ1) is 23.7. The summed E-state index contributed by atoms with van der Waals surface area (Å²) >= 11 is 1.55. The molecule has 0 atom stereocenters. The lowest BCUT2D eigenvalue weighted by atomic mass is 9.83. The van der Waals surface area contributed by atoms with Gasteiger partial charge in [-0.3, -0.25) is 0 Å². The second-order valence-corrected chi connectivity index (χ2v) is 11.3. The number of fused-ring (bicyclic) bond motifs is 8. The van der Waals surface area contributed by atoms with Crippen molar-refractivity contribution in [2.75, 3.05) is 0 Å². The van der Waals surface area contributed by atoms with Crippen molar-refractivity contribution >= 4 is 74.6 Å². The molecule has 0 aliphatic carbocycles. The molecule has 190 valence electrons. The van der Waals surface area contributed by atoms with Crippen LogP contribution in [0.2, 0.25) is 0 Å². The average molecular weight is 545 g/mol. The smallest absolute Gasteiger partial charge is 0.0629 e. The lowest BCUT2D eigenvalue weighted by molar-refractivity contribution is 1.71. The number of hydrogen-bond donors (Lipinski definition) is 0. The Bertz CT molecular complexity index is 2850. The average Bonchev–Trinajstić information content (AvgIpc) is 3.52. The summed E-state index contributed by atoms with van der Waals surface area (Å²) in [4.78, 5) is 0. The molecule has 1 heterocycles. The highest BCUT2D eigenvalue weighted by Crippen LogP contribution is 2.49. The van der Waals surface area contributed by atoms with Gasteiger partial charge in [0.1, 0.15) is 0 Å². The van der Waals surface area contributed by atoms with Gasteiger partial charge in [0.2, 0.25) is 0 Å². The zero-order chi connectivity index (χ0) is 33.9. The monoisotopic (exact) mass is 544 g/mol. The van der Waals surface area contributed by atoms with E-state index in [1.807, 2.05) is 97.1 Å². The molecule has 0 N–H and O–H groups in total. The van der Waals surface area contributed by atoms with Gasteiger partial charge in [0, 0.05) is 25.7 Å². The Morgan fingerprint density at radius 2 is 0.951 bits per heavy atom. The molecule has 0 aliphatic heterocycles. The van der Waals surface area contributed by atoms with Crippen LogP contribution < -0.4 is 0 Å². The van der Waals surface area contributed by atoms with Gasteiger partial charge in [-0.2, -0.15) is 0 Å². The summed E-state index contributed by atoms with van der Waals surface area (Å²) in [5, 5.41) is 6.54. The summed E-state index contributed by atoms with van der Waals surface area (Å²) in [6, 6.07) is 28.9. The van der Waals surface area contributed by atoms with E-state index in [0.29, 0.717) is 22.3 Å². The summed E-state index contributed by atoms with van der Waals surface area (Å²) in [7, 11) is 0. The Kier molecular flexibility index (Phi) is 3.49. The summed E-state index contributed by atoms with van der Waals surface area (Å²) < 4.78 is 74.9. The number of rotatable bonds is 2. The van der Waals surface area contributed by atoms with E-state index in [0.717, 1.165) is 41.7 Å². The number of thiophene rings is 1. The molecule has 0 amide bonds. The standard InChI is InChI=1S/C40H24S/c1-2-13-26-25(12-1)24-36(28-15-4-3-14-27(26)28)39-32-19-7-5-17-30(32)38(31-18-6-8-20-33(31)39)35-22-11-21-34-29-16-9-10-23-37(29)41-40(34)35/h1-24H/i5D,6D,7D,8D,17D,18D,19D,20D. The van der Waals surface area contributed by atoms with E-state index in [2.05, 4.69) is 0 Å². The van der Waals surface area contributed by atoms with Crippen molar-refractivity contribution in [3.8, 4) is 22.3 Å². The summed E-state index contributed by atoms with van der Waals surface area (Å²) in [6.45, 7) is 0. The maximum absolute atomic E-state index is 9.41. The normalized spacial score (nSPS) is 14.6. The van der Waals surface area contributed by atoms with E-state index in [1.54, 1.807) is 11.3 Å². The van der Waals surface area contributed by atoms with Gasteiger partial charge in [0.25, 0.3) is 0 Å². The highest BCUT2D eigenvalue weighted by Gasteiger charge is 2.20. The predicted molar refractivity (Wildman–Crippen MR) is 180 cm³/mol. The molecular formula is C40H24S. The molecule has 0 aliphatic rings. The molecule has 41 heavy (non-hydrogen) atoms. The van der Waals surface area contributed by atoms with Crippen LogP contribution in [0.5, 0.6) is 0 Å². The van der Waals surface area contributed by atoms with Crippen molar-refractivity contribution in [2.45, 2.75) is 0 Å². The highest BCUT2D eigenvalue weighted by atomic mass is 32.1. The largest absolute Gasteiger partial charge is 0.135 e. The van der Waals surface area contributed by atoms with Crippen LogP contribution in [0.25, 0.3) is 85.5 Å². The molecule has 0 fully saturated rings. The first-order valence-electron chi connectivity index (χ1n) is 17.5. The third kappa shape index (κ3) is 3.27. The lowest BCUT2D eigenvalue weighted by Crippen LogP contribution is -1.92. The minimum atomic E-state index is -0.407. The Hall–Kier alpha value is -4.98. The zero-order valence-corrected chi connectivity index (χ0v) is 22.5. The topological polar surface area (TPSA) is 0 Å². The van der Waals surface area contributed by atoms with Crippen LogP contribution in [0.3, 0.4) is 0 Å². The Labute approximate surface area is 253 Å². The van der Waals surface area contributed by atoms with Crippen LogP contribution in [-0.2, 0) is 0 Å². The van der Waals surface area contributed by atoms with Crippen LogP contribution in [0, 0.1) is 0 Å². The third-order valence-electron chi connectivity index (χ3n) is 8.09. The molecule has 0 saturated carbocycles. The van der Waals surface area contributed by atoms with Gasteiger partial charge in [0.15, 0.2) is 0 Å². The van der Waals surface area contributed by atoms with Gasteiger partial charge in [0.05, 0.1) is 11.0 Å². The maximum Gasteiger partial charge on any atom is 0.0629 e. The van der Waals surface area contributed by atoms with Crippen molar-refractivity contribution in [3.05, 3.63) is 145 Å². The quantitative estimate of drug-likeness (QED) is 0.150. The van der Waals surface area contributed by atoms with E-state index in [-0.39, 0.29) is 45.7 Å². The Morgan fingerprint density at radius 3 is 1.66 bits per heavy atom. The first kappa shape index (κ1) is 16.3. The molecule has 0 saturated heterocycles. The second-order valence-electron chi connectivity index (χ2n) is 10.2. The SMILES string of the molecule is [2H]c1c([2H])c([2H])c2c(-c3cccc4c3sc3ccccc34)c3c([2H])c([2H])c([2H])c([2H])c3c(-c3cc4ccccc4c4ccccc34)c2c1[2H]. The van der Waals surface area contributed by atoms with E-state index in [4.69, 9.17) is 5.48 Å².